The van der Waals surface area contributed by atoms with Crippen molar-refractivity contribution in [1.82, 2.24) is 14.5 Å². The SMILES string of the molecule is CC1(C)O[C@@H]2[C@H](O1)C(COC(=O)N1CCOCC1)O[C@H]2n1ccc(NO)nc1=O. The smallest absolute Gasteiger partial charge is 0.410 e. The van der Waals surface area contributed by atoms with Crippen LogP contribution in [0.5, 0.6) is 0 Å². The summed E-state index contributed by atoms with van der Waals surface area (Å²) in [6.45, 7) is 5.36. The Morgan fingerprint density at radius 1 is 1.34 bits per heavy atom. The molecule has 0 aromatic carbocycles. The molecule has 1 amide bonds. The fraction of sp³-hybridized carbons (Fsp3) is 0.706. The summed E-state index contributed by atoms with van der Waals surface area (Å²) in [5, 5.41) is 8.91. The molecule has 4 rings (SSSR count). The van der Waals surface area contributed by atoms with E-state index in [4.69, 9.17) is 28.9 Å². The molecule has 0 bridgehead atoms. The van der Waals surface area contributed by atoms with Crippen molar-refractivity contribution in [3.05, 3.63) is 22.7 Å². The third-order valence-electron chi connectivity index (χ3n) is 4.98. The van der Waals surface area contributed by atoms with Crippen LogP contribution >= 0.6 is 0 Å². The summed E-state index contributed by atoms with van der Waals surface area (Å²) in [5.41, 5.74) is 1.19. The first-order valence-electron chi connectivity index (χ1n) is 9.38. The van der Waals surface area contributed by atoms with E-state index < -0.39 is 42.1 Å². The van der Waals surface area contributed by atoms with Crippen LogP contribution in [0.3, 0.4) is 0 Å². The van der Waals surface area contributed by atoms with Crippen LogP contribution < -0.4 is 11.2 Å². The zero-order valence-corrected chi connectivity index (χ0v) is 16.1. The summed E-state index contributed by atoms with van der Waals surface area (Å²) in [4.78, 5) is 29.9. The minimum Gasteiger partial charge on any atom is -0.447 e. The number of carbonyl (C=O) groups is 1. The second-order valence-electron chi connectivity index (χ2n) is 7.42. The van der Waals surface area contributed by atoms with Crippen molar-refractivity contribution in [2.75, 3.05) is 38.4 Å². The highest BCUT2D eigenvalue weighted by molar-refractivity contribution is 5.67. The van der Waals surface area contributed by atoms with Gasteiger partial charge in [-0.3, -0.25) is 15.3 Å². The van der Waals surface area contributed by atoms with Gasteiger partial charge < -0.3 is 28.6 Å². The van der Waals surface area contributed by atoms with Crippen molar-refractivity contribution in [3.8, 4) is 0 Å². The van der Waals surface area contributed by atoms with Gasteiger partial charge in [0.05, 0.1) is 13.2 Å². The maximum Gasteiger partial charge on any atom is 0.410 e. The second-order valence-corrected chi connectivity index (χ2v) is 7.42. The molecule has 3 aliphatic rings. The molecule has 12 heteroatoms. The van der Waals surface area contributed by atoms with E-state index in [1.807, 2.05) is 5.48 Å². The molecule has 2 N–H and O–H groups in total. The first kappa shape index (κ1) is 20.0. The van der Waals surface area contributed by atoms with Gasteiger partial charge >= 0.3 is 11.8 Å². The third-order valence-corrected chi connectivity index (χ3v) is 4.98. The first-order valence-corrected chi connectivity index (χ1v) is 9.38. The van der Waals surface area contributed by atoms with Gasteiger partial charge in [-0.05, 0) is 19.9 Å². The number of fused-ring (bicyclic) bond motifs is 1. The van der Waals surface area contributed by atoms with Crippen LogP contribution in [-0.4, -0.2) is 82.8 Å². The molecule has 0 aliphatic carbocycles. The van der Waals surface area contributed by atoms with Crippen molar-refractivity contribution in [2.24, 2.45) is 0 Å². The quantitative estimate of drug-likeness (QED) is 0.647. The number of nitrogens with zero attached hydrogens (tertiary/aromatic N) is 3. The van der Waals surface area contributed by atoms with Gasteiger partial charge in [0, 0.05) is 19.3 Å². The van der Waals surface area contributed by atoms with E-state index in [-0.39, 0.29) is 12.4 Å². The highest BCUT2D eigenvalue weighted by atomic mass is 16.8. The van der Waals surface area contributed by atoms with Crippen LogP contribution in [0.1, 0.15) is 20.1 Å². The van der Waals surface area contributed by atoms with Crippen molar-refractivity contribution < 1.29 is 33.7 Å². The lowest BCUT2D eigenvalue weighted by atomic mass is 10.1. The molecule has 1 aromatic rings. The molecule has 3 saturated heterocycles. The molecule has 0 spiro atoms. The van der Waals surface area contributed by atoms with Gasteiger partial charge in [-0.15, -0.1) is 0 Å². The van der Waals surface area contributed by atoms with Gasteiger partial charge in [0.25, 0.3) is 0 Å². The molecule has 1 unspecified atom stereocenters. The van der Waals surface area contributed by atoms with E-state index in [1.165, 1.54) is 16.8 Å². The molecule has 0 saturated carbocycles. The zero-order valence-electron chi connectivity index (χ0n) is 16.1. The summed E-state index contributed by atoms with van der Waals surface area (Å²) >= 11 is 0. The van der Waals surface area contributed by atoms with Gasteiger partial charge in [0.15, 0.2) is 17.8 Å². The van der Waals surface area contributed by atoms with E-state index in [0.29, 0.717) is 26.3 Å². The van der Waals surface area contributed by atoms with Crippen molar-refractivity contribution in [1.29, 1.82) is 0 Å². The number of hydrogen-bond donors (Lipinski definition) is 2. The fourth-order valence-corrected chi connectivity index (χ4v) is 3.68. The van der Waals surface area contributed by atoms with Crippen LogP contribution in [0.2, 0.25) is 0 Å². The van der Waals surface area contributed by atoms with E-state index in [2.05, 4.69) is 4.98 Å². The topological polar surface area (TPSA) is 134 Å². The Labute approximate surface area is 166 Å². The summed E-state index contributed by atoms with van der Waals surface area (Å²) in [7, 11) is 0. The predicted molar refractivity (Wildman–Crippen MR) is 95.4 cm³/mol. The average Bonchev–Trinajstić information content (AvgIpc) is 3.19. The highest BCUT2D eigenvalue weighted by Crippen LogP contribution is 2.42. The molecule has 1 aromatic heterocycles. The Morgan fingerprint density at radius 3 is 2.76 bits per heavy atom. The summed E-state index contributed by atoms with van der Waals surface area (Å²) < 4.78 is 29.8. The van der Waals surface area contributed by atoms with Crippen molar-refractivity contribution in [2.45, 2.75) is 44.2 Å². The van der Waals surface area contributed by atoms with Gasteiger partial charge in [0.1, 0.15) is 24.9 Å². The van der Waals surface area contributed by atoms with Gasteiger partial charge in [-0.25, -0.2) is 9.59 Å². The second kappa shape index (κ2) is 7.88. The zero-order chi connectivity index (χ0) is 20.6. The number of morpholine rings is 1. The minimum atomic E-state index is -0.881. The summed E-state index contributed by atoms with van der Waals surface area (Å²) in [5.74, 6) is -0.867. The summed E-state index contributed by atoms with van der Waals surface area (Å²) in [6, 6.07) is 1.42. The average molecular weight is 412 g/mol. The lowest BCUT2D eigenvalue weighted by Gasteiger charge is -2.27. The van der Waals surface area contributed by atoms with E-state index in [0.717, 1.165) is 0 Å². The van der Waals surface area contributed by atoms with Gasteiger partial charge in [-0.1, -0.05) is 0 Å². The van der Waals surface area contributed by atoms with E-state index in [9.17, 15) is 9.59 Å². The first-order chi connectivity index (χ1) is 13.9. The van der Waals surface area contributed by atoms with Gasteiger partial charge in [0.2, 0.25) is 0 Å². The van der Waals surface area contributed by atoms with E-state index in [1.54, 1.807) is 18.7 Å². The number of rotatable bonds is 4. The Hall–Kier alpha value is -2.25. The number of ether oxygens (including phenoxy) is 5. The normalized spacial score (nSPS) is 30.8. The Balaban J connectivity index is 1.49. The maximum atomic E-state index is 12.3. The van der Waals surface area contributed by atoms with Gasteiger partial charge in [-0.2, -0.15) is 4.98 Å². The van der Waals surface area contributed by atoms with Crippen LogP contribution in [-0.2, 0) is 23.7 Å². The Kier molecular flexibility index (Phi) is 5.44. The maximum absolute atomic E-state index is 12.3. The molecule has 4 heterocycles. The molecule has 29 heavy (non-hydrogen) atoms. The molecule has 0 radical (unpaired) electrons. The Bertz CT molecular complexity index is 809. The molecule has 12 nitrogen and oxygen atoms in total. The van der Waals surface area contributed by atoms with E-state index >= 15 is 0 Å². The standard InChI is InChI=1S/C17H24N4O8/c1-17(2)28-12-10(9-26-16(23)20-5-7-25-8-6-20)27-14(13(12)29-17)21-4-3-11(19-24)18-15(21)22/h3-4,10,12-14,24H,5-9H2,1-2H3,(H,18,19,22)/t10?,12-,13-,14-/m1/s1. The fourth-order valence-electron chi connectivity index (χ4n) is 3.68. The minimum absolute atomic E-state index is 0.0145. The monoisotopic (exact) mass is 412 g/mol. The van der Waals surface area contributed by atoms with Crippen LogP contribution in [0.15, 0.2) is 17.1 Å². The number of carbonyl (C=O) groups excluding carboxylic acids is 1. The molecule has 160 valence electrons. The molecular formula is C17H24N4O8. The lowest BCUT2D eigenvalue weighted by Crippen LogP contribution is -2.42. The van der Waals surface area contributed by atoms with Crippen LogP contribution in [0.4, 0.5) is 10.6 Å². The number of aromatic nitrogens is 2. The molecule has 4 atom stereocenters. The van der Waals surface area contributed by atoms with Crippen molar-refractivity contribution in [3.63, 3.8) is 0 Å². The van der Waals surface area contributed by atoms with Crippen LogP contribution in [0, 0.1) is 0 Å². The Morgan fingerprint density at radius 2 is 2.07 bits per heavy atom. The number of amides is 1. The molecule has 3 fully saturated rings. The number of nitrogens with one attached hydrogen (secondary N) is 1. The summed E-state index contributed by atoms with van der Waals surface area (Å²) in [6.07, 6.45) is -1.58. The predicted octanol–water partition coefficient (Wildman–Crippen LogP) is -0.0693. The molecular weight excluding hydrogens is 388 g/mol. The lowest BCUT2D eigenvalue weighted by molar-refractivity contribution is -0.200. The largest absolute Gasteiger partial charge is 0.447 e. The third kappa shape index (κ3) is 4.07. The van der Waals surface area contributed by atoms with Crippen molar-refractivity contribution >= 4 is 11.9 Å². The van der Waals surface area contributed by atoms with Crippen LogP contribution in [0.25, 0.3) is 0 Å². The highest BCUT2D eigenvalue weighted by Gasteiger charge is 2.56. The molecule has 3 aliphatic heterocycles. The number of hydrogen-bond acceptors (Lipinski definition) is 10. The number of anilines is 1.